The summed E-state index contributed by atoms with van der Waals surface area (Å²) in [6.07, 6.45) is 0. The van der Waals surface area contributed by atoms with Crippen LogP contribution in [-0.4, -0.2) is 29.2 Å². The molecule has 0 aliphatic rings. The van der Waals surface area contributed by atoms with Gasteiger partial charge in [-0.2, -0.15) is 0 Å². The molecule has 0 atom stereocenters. The largest absolute Gasteiger partial charge is 0.462 e. The van der Waals surface area contributed by atoms with E-state index >= 15 is 0 Å². The van der Waals surface area contributed by atoms with E-state index in [0.29, 0.717) is 10.4 Å². The number of rotatable bonds is 6. The van der Waals surface area contributed by atoms with Crippen molar-refractivity contribution in [1.29, 1.82) is 0 Å². The lowest BCUT2D eigenvalue weighted by Gasteiger charge is -2.07. The molecule has 0 aliphatic heterocycles. The number of thiophene rings is 1. The number of anilines is 1. The van der Waals surface area contributed by atoms with Crippen LogP contribution in [0, 0.1) is 17.0 Å². The fourth-order valence-electron chi connectivity index (χ4n) is 2.40. The average Bonchev–Trinajstić information content (AvgIpc) is 2.91. The smallest absolute Gasteiger partial charge is 0.341 e. The minimum absolute atomic E-state index is 0.0528. The molecule has 0 radical (unpaired) electrons. The Labute approximate surface area is 163 Å². The number of hydrogen-bond donors (Lipinski definition) is 1. The van der Waals surface area contributed by atoms with E-state index in [1.54, 1.807) is 13.8 Å². The lowest BCUT2D eigenvalue weighted by molar-refractivity contribution is -0.385. The maximum absolute atomic E-state index is 12.6. The average molecular weight is 411 g/mol. The lowest BCUT2D eigenvalue weighted by Crippen LogP contribution is -2.16. The number of carbonyl (C=O) groups is 3. The van der Waals surface area contributed by atoms with E-state index in [0.717, 1.165) is 17.4 Å². The number of hydrogen-bond acceptors (Lipinski definition) is 7. The van der Waals surface area contributed by atoms with Gasteiger partial charge in [-0.05, 0) is 38.5 Å². The van der Waals surface area contributed by atoms with Crippen LogP contribution in [0.5, 0.6) is 0 Å². The normalized spacial score (nSPS) is 10.4. The molecule has 1 heterocycles. The molecule has 0 unspecified atom stereocenters. The van der Waals surface area contributed by atoms with Crippen molar-refractivity contribution in [3.05, 3.63) is 54.9 Å². The van der Waals surface area contributed by atoms with Crippen LogP contribution in [0.4, 0.5) is 10.7 Å². The van der Waals surface area contributed by atoms with E-state index in [4.69, 9.17) is 16.3 Å². The molecule has 1 aromatic heterocycles. The number of nitro groups is 1. The Kier molecular flexibility index (Phi) is 6.29. The first-order valence-corrected chi connectivity index (χ1v) is 8.93. The molecule has 8 nitrogen and oxygen atoms in total. The van der Waals surface area contributed by atoms with Gasteiger partial charge in [0, 0.05) is 11.1 Å². The maximum atomic E-state index is 12.6. The molecule has 0 fully saturated rings. The Morgan fingerprint density at radius 3 is 2.56 bits per heavy atom. The van der Waals surface area contributed by atoms with E-state index in [1.807, 2.05) is 0 Å². The topological polar surface area (TPSA) is 116 Å². The van der Waals surface area contributed by atoms with Crippen molar-refractivity contribution < 1.29 is 24.0 Å². The molecule has 0 saturated carbocycles. The van der Waals surface area contributed by atoms with E-state index in [1.165, 1.54) is 19.1 Å². The standard InChI is InChI=1S/C17H15ClN2O6S/c1-4-26-17(23)13-8(2)14(9(3)21)27-16(13)19-15(22)11-6-5-10(18)7-12(11)20(24)25/h5-7H,4H2,1-3H3,(H,19,22). The Balaban J connectivity index is 2.49. The molecule has 10 heteroatoms. The van der Waals surface area contributed by atoms with E-state index in [-0.39, 0.29) is 33.5 Å². The number of nitro benzene ring substituents is 1. The van der Waals surface area contributed by atoms with Gasteiger partial charge in [-0.25, -0.2) is 4.79 Å². The number of benzene rings is 1. The quantitative estimate of drug-likeness (QED) is 0.329. The van der Waals surface area contributed by atoms with E-state index in [9.17, 15) is 24.5 Å². The molecule has 1 amide bonds. The summed E-state index contributed by atoms with van der Waals surface area (Å²) >= 11 is 6.66. The van der Waals surface area contributed by atoms with Crippen molar-refractivity contribution >= 4 is 51.3 Å². The molecule has 2 rings (SSSR count). The monoisotopic (exact) mass is 410 g/mol. The van der Waals surface area contributed by atoms with Gasteiger partial charge in [0.15, 0.2) is 5.78 Å². The molecule has 0 saturated heterocycles. The zero-order valence-corrected chi connectivity index (χ0v) is 16.2. The van der Waals surface area contributed by atoms with Gasteiger partial charge in [0.25, 0.3) is 11.6 Å². The van der Waals surface area contributed by atoms with Crippen molar-refractivity contribution in [3.63, 3.8) is 0 Å². The summed E-state index contributed by atoms with van der Waals surface area (Å²) in [4.78, 5) is 47.4. The summed E-state index contributed by atoms with van der Waals surface area (Å²) in [5, 5.41) is 13.9. The Bertz CT molecular complexity index is 953. The molecule has 2 aromatic rings. The van der Waals surface area contributed by atoms with Crippen LogP contribution in [0.15, 0.2) is 18.2 Å². The van der Waals surface area contributed by atoms with Crippen molar-refractivity contribution in [2.24, 2.45) is 0 Å². The van der Waals surface area contributed by atoms with Gasteiger partial charge in [-0.1, -0.05) is 11.6 Å². The van der Waals surface area contributed by atoms with Gasteiger partial charge in [-0.3, -0.25) is 19.7 Å². The number of Topliss-reactive ketones (excluding diaryl/α,β-unsaturated/α-hetero) is 1. The number of amides is 1. The number of nitrogens with zero attached hydrogens (tertiary/aromatic N) is 1. The van der Waals surface area contributed by atoms with Crippen LogP contribution in [0.3, 0.4) is 0 Å². The minimum Gasteiger partial charge on any atom is -0.462 e. The van der Waals surface area contributed by atoms with Crippen LogP contribution >= 0.6 is 22.9 Å². The molecule has 1 N–H and O–H groups in total. The van der Waals surface area contributed by atoms with Crippen molar-refractivity contribution in [3.8, 4) is 0 Å². The Hall–Kier alpha value is -2.78. The molecule has 0 aliphatic carbocycles. The highest BCUT2D eigenvalue weighted by Crippen LogP contribution is 2.35. The third kappa shape index (κ3) is 4.32. The summed E-state index contributed by atoms with van der Waals surface area (Å²) in [5.74, 6) is -1.78. The summed E-state index contributed by atoms with van der Waals surface area (Å²) in [6, 6.07) is 3.62. The molecule has 0 bridgehead atoms. The Morgan fingerprint density at radius 1 is 1.33 bits per heavy atom. The highest BCUT2D eigenvalue weighted by molar-refractivity contribution is 7.18. The van der Waals surface area contributed by atoms with Gasteiger partial charge in [0.05, 0.1) is 22.0 Å². The van der Waals surface area contributed by atoms with Crippen LogP contribution < -0.4 is 5.32 Å². The molecular formula is C17H15ClN2O6S. The first-order valence-electron chi connectivity index (χ1n) is 7.74. The number of esters is 1. The summed E-state index contributed by atoms with van der Waals surface area (Å²) < 4.78 is 4.99. The summed E-state index contributed by atoms with van der Waals surface area (Å²) in [5.41, 5.74) is -0.267. The zero-order valence-electron chi connectivity index (χ0n) is 14.6. The minimum atomic E-state index is -0.805. The van der Waals surface area contributed by atoms with Crippen LogP contribution in [0.1, 0.15) is 49.8 Å². The third-order valence-electron chi connectivity index (χ3n) is 3.57. The second-order valence-corrected chi connectivity index (χ2v) is 6.87. The van der Waals surface area contributed by atoms with Crippen molar-refractivity contribution in [1.82, 2.24) is 0 Å². The second-order valence-electron chi connectivity index (χ2n) is 5.41. The zero-order chi connectivity index (χ0) is 20.3. The van der Waals surface area contributed by atoms with E-state index < -0.39 is 22.5 Å². The number of ether oxygens (including phenoxy) is 1. The van der Waals surface area contributed by atoms with E-state index in [2.05, 4.69) is 5.32 Å². The highest BCUT2D eigenvalue weighted by Gasteiger charge is 2.27. The fraction of sp³-hybridized carbons (Fsp3) is 0.235. The molecule has 142 valence electrons. The van der Waals surface area contributed by atoms with Crippen LogP contribution in [0.25, 0.3) is 0 Å². The molecule has 27 heavy (non-hydrogen) atoms. The molecular weight excluding hydrogens is 396 g/mol. The first kappa shape index (κ1) is 20.5. The number of carbonyl (C=O) groups excluding carboxylic acids is 3. The maximum Gasteiger partial charge on any atom is 0.341 e. The SMILES string of the molecule is CCOC(=O)c1c(NC(=O)c2ccc(Cl)cc2[N+](=O)[O-])sc(C(C)=O)c1C. The van der Waals surface area contributed by atoms with Gasteiger partial charge in [0.2, 0.25) is 0 Å². The third-order valence-corrected chi connectivity index (χ3v) is 5.12. The highest BCUT2D eigenvalue weighted by atomic mass is 35.5. The predicted octanol–water partition coefficient (Wildman–Crippen LogP) is 4.25. The van der Waals surface area contributed by atoms with Crippen LogP contribution in [0.2, 0.25) is 5.02 Å². The van der Waals surface area contributed by atoms with Gasteiger partial charge in [-0.15, -0.1) is 11.3 Å². The number of ketones is 1. The van der Waals surface area contributed by atoms with Crippen LogP contribution in [-0.2, 0) is 4.74 Å². The fourth-order valence-corrected chi connectivity index (χ4v) is 3.66. The van der Waals surface area contributed by atoms with Crippen molar-refractivity contribution in [2.75, 3.05) is 11.9 Å². The number of nitrogens with one attached hydrogen (secondary N) is 1. The Morgan fingerprint density at radius 2 is 2.00 bits per heavy atom. The lowest BCUT2D eigenvalue weighted by atomic mass is 10.1. The summed E-state index contributed by atoms with van der Waals surface area (Å²) in [7, 11) is 0. The predicted molar refractivity (Wildman–Crippen MR) is 101 cm³/mol. The van der Waals surface area contributed by atoms with Gasteiger partial charge >= 0.3 is 5.97 Å². The first-order chi connectivity index (χ1) is 12.7. The second kappa shape index (κ2) is 8.28. The van der Waals surface area contributed by atoms with Gasteiger partial charge < -0.3 is 10.1 Å². The molecule has 0 spiro atoms. The summed E-state index contributed by atoms with van der Waals surface area (Å²) in [6.45, 7) is 4.64. The van der Waals surface area contributed by atoms with Crippen molar-refractivity contribution in [2.45, 2.75) is 20.8 Å². The van der Waals surface area contributed by atoms with Gasteiger partial charge in [0.1, 0.15) is 10.6 Å². The molecule has 1 aromatic carbocycles. The number of halogens is 1.